The lowest BCUT2D eigenvalue weighted by molar-refractivity contribution is -0.136. The molecule has 8 unspecified atom stereocenters. The summed E-state index contributed by atoms with van der Waals surface area (Å²) in [6, 6.07) is 0.720. The van der Waals surface area contributed by atoms with Crippen LogP contribution in [0.1, 0.15) is 44.9 Å². The second kappa shape index (κ2) is 7.71. The summed E-state index contributed by atoms with van der Waals surface area (Å²) in [7, 11) is 0. The fourth-order valence-electron chi connectivity index (χ4n) is 6.82. The van der Waals surface area contributed by atoms with E-state index in [4.69, 9.17) is 16.6 Å². The predicted molar refractivity (Wildman–Crippen MR) is 116 cm³/mol. The summed E-state index contributed by atoms with van der Waals surface area (Å²) in [6.07, 6.45) is 6.53. The quantitative estimate of drug-likeness (QED) is 0.658. The highest BCUT2D eigenvalue weighted by Gasteiger charge is 2.47. The van der Waals surface area contributed by atoms with Crippen molar-refractivity contribution >= 4 is 29.1 Å². The van der Waals surface area contributed by atoms with Gasteiger partial charge in [-0.3, -0.25) is 20.0 Å². The Morgan fingerprint density at radius 3 is 2.48 bits per heavy atom. The molecule has 6 rings (SSSR count). The number of hydrogen-bond acceptors (Lipinski definition) is 6. The molecular formula is C22H31ClN6O2. The van der Waals surface area contributed by atoms with Crippen molar-refractivity contribution in [1.82, 2.24) is 15.2 Å². The van der Waals surface area contributed by atoms with Crippen LogP contribution < -0.4 is 5.43 Å². The number of carbonyl (C=O) groups excluding carboxylic acids is 2. The van der Waals surface area contributed by atoms with Gasteiger partial charge in [-0.1, -0.05) is 5.22 Å². The zero-order valence-corrected chi connectivity index (χ0v) is 18.6. The van der Waals surface area contributed by atoms with Gasteiger partial charge in [0.1, 0.15) is 5.71 Å². The minimum atomic E-state index is 0.0794. The second-order valence-electron chi connectivity index (χ2n) is 10.5. The highest BCUT2D eigenvalue weighted by Crippen LogP contribution is 2.39. The third-order valence-corrected chi connectivity index (χ3v) is 8.99. The summed E-state index contributed by atoms with van der Waals surface area (Å²) in [6.45, 7) is 3.08. The van der Waals surface area contributed by atoms with Gasteiger partial charge in [0, 0.05) is 49.3 Å². The van der Waals surface area contributed by atoms with Crippen LogP contribution in [0.5, 0.6) is 0 Å². The Labute approximate surface area is 187 Å². The van der Waals surface area contributed by atoms with Gasteiger partial charge < -0.3 is 9.80 Å². The maximum atomic E-state index is 13.1. The molecule has 0 aromatic heterocycles. The number of nitrogens with one attached hydrogen (secondary N) is 1. The number of halogens is 1. The summed E-state index contributed by atoms with van der Waals surface area (Å²) >= 11 is 6.31. The van der Waals surface area contributed by atoms with Gasteiger partial charge in [0.25, 0.3) is 5.91 Å². The third kappa shape index (κ3) is 3.55. The zero-order valence-electron chi connectivity index (χ0n) is 17.8. The van der Waals surface area contributed by atoms with E-state index in [0.717, 1.165) is 76.8 Å². The SMILES string of the molecule is O=C(C1=NC2CC(Cl)CCC2C1)N1CC2CN(C(=O)C3CCC4N=NNC4C3)CC2C1. The number of rotatable bonds is 2. The molecule has 2 saturated carbocycles. The fourth-order valence-corrected chi connectivity index (χ4v) is 7.13. The first kappa shape index (κ1) is 19.9. The molecule has 8 nitrogen and oxygen atoms in total. The number of likely N-dealkylation sites (tertiary alicyclic amines) is 2. The zero-order chi connectivity index (χ0) is 21.1. The van der Waals surface area contributed by atoms with Gasteiger partial charge in [-0.05, 0) is 50.9 Å². The number of amides is 2. The van der Waals surface area contributed by atoms with Crippen LogP contribution in [0.2, 0.25) is 0 Å². The van der Waals surface area contributed by atoms with Gasteiger partial charge in [0.05, 0.1) is 18.1 Å². The lowest BCUT2D eigenvalue weighted by Gasteiger charge is -2.31. The Balaban J connectivity index is 1.03. The molecule has 6 aliphatic rings. The van der Waals surface area contributed by atoms with Gasteiger partial charge in [0.15, 0.2) is 0 Å². The largest absolute Gasteiger partial charge is 0.342 e. The first-order chi connectivity index (χ1) is 15.0. The normalized spacial score (nSPS) is 43.3. The molecule has 8 atom stereocenters. The molecule has 2 aliphatic carbocycles. The standard InChI is InChI=1S/C22H31ClN6O2/c23-16-3-1-12-5-20(24-18(12)7-16)22(31)29-10-14-8-28(9-15(14)11-29)21(30)13-2-4-17-19(6-13)26-27-25-17/h12-19H,1-11H2,(H,25,26). The number of nitrogens with zero attached hydrogens (tertiary/aromatic N) is 5. The molecule has 1 N–H and O–H groups in total. The predicted octanol–water partition coefficient (Wildman–Crippen LogP) is 2.03. The molecule has 0 aromatic carbocycles. The average molecular weight is 447 g/mol. The van der Waals surface area contributed by atoms with Crippen LogP contribution in [0.3, 0.4) is 0 Å². The number of aliphatic imine (C=N–C) groups is 1. The molecule has 0 bridgehead atoms. The minimum Gasteiger partial charge on any atom is -0.342 e. The van der Waals surface area contributed by atoms with Gasteiger partial charge in [0.2, 0.25) is 5.91 Å². The highest BCUT2D eigenvalue weighted by molar-refractivity contribution is 6.39. The Morgan fingerprint density at radius 2 is 1.68 bits per heavy atom. The van der Waals surface area contributed by atoms with Crippen molar-refractivity contribution in [2.45, 2.75) is 68.4 Å². The van der Waals surface area contributed by atoms with Gasteiger partial charge in [-0.15, -0.1) is 11.6 Å². The Bertz CT molecular complexity index is 819. The molecule has 0 spiro atoms. The van der Waals surface area contributed by atoms with E-state index < -0.39 is 0 Å². The van der Waals surface area contributed by atoms with E-state index in [1.807, 2.05) is 4.90 Å². The molecule has 0 radical (unpaired) electrons. The summed E-state index contributed by atoms with van der Waals surface area (Å²) in [5.74, 6) is 1.81. The first-order valence-electron chi connectivity index (χ1n) is 12.0. The van der Waals surface area contributed by atoms with Crippen molar-refractivity contribution in [3.05, 3.63) is 0 Å². The summed E-state index contributed by atoms with van der Waals surface area (Å²) in [5.41, 5.74) is 3.83. The molecule has 4 heterocycles. The van der Waals surface area contributed by atoms with E-state index in [1.165, 1.54) is 0 Å². The van der Waals surface area contributed by atoms with Crippen LogP contribution in [-0.2, 0) is 9.59 Å². The van der Waals surface area contributed by atoms with E-state index >= 15 is 0 Å². The van der Waals surface area contributed by atoms with Crippen molar-refractivity contribution in [1.29, 1.82) is 0 Å². The number of fused-ring (bicyclic) bond motifs is 3. The molecule has 4 aliphatic heterocycles. The number of alkyl halides is 1. The molecule has 31 heavy (non-hydrogen) atoms. The van der Waals surface area contributed by atoms with Crippen LogP contribution in [0.15, 0.2) is 15.3 Å². The molecule has 2 amide bonds. The van der Waals surface area contributed by atoms with Crippen molar-refractivity contribution in [2.24, 2.45) is 39.0 Å². The van der Waals surface area contributed by atoms with Crippen LogP contribution >= 0.6 is 11.6 Å². The Morgan fingerprint density at radius 1 is 0.903 bits per heavy atom. The summed E-state index contributed by atoms with van der Waals surface area (Å²) in [4.78, 5) is 35.1. The number of carbonyl (C=O) groups is 2. The minimum absolute atomic E-state index is 0.0794. The van der Waals surface area contributed by atoms with E-state index in [0.29, 0.717) is 23.7 Å². The molecule has 4 fully saturated rings. The Kier molecular flexibility index (Phi) is 4.96. The van der Waals surface area contributed by atoms with Gasteiger partial charge in [-0.2, -0.15) is 5.11 Å². The highest BCUT2D eigenvalue weighted by atomic mass is 35.5. The second-order valence-corrected chi connectivity index (χ2v) is 11.1. The number of hydrogen-bond donors (Lipinski definition) is 1. The smallest absolute Gasteiger partial charge is 0.267 e. The Hall–Kier alpha value is -1.70. The maximum Gasteiger partial charge on any atom is 0.267 e. The van der Waals surface area contributed by atoms with Crippen molar-refractivity contribution < 1.29 is 9.59 Å². The lowest BCUT2D eigenvalue weighted by atomic mass is 9.82. The van der Waals surface area contributed by atoms with E-state index in [1.54, 1.807) is 0 Å². The molecular weight excluding hydrogens is 416 g/mol. The summed E-state index contributed by atoms with van der Waals surface area (Å²) in [5, 5.41) is 8.37. The van der Waals surface area contributed by atoms with Gasteiger partial charge >= 0.3 is 0 Å². The maximum absolute atomic E-state index is 13.1. The van der Waals surface area contributed by atoms with Crippen LogP contribution in [0, 0.1) is 23.7 Å². The molecule has 168 valence electrons. The molecule has 2 saturated heterocycles. The van der Waals surface area contributed by atoms with Gasteiger partial charge in [-0.25, -0.2) is 0 Å². The topological polar surface area (TPSA) is 89.7 Å². The van der Waals surface area contributed by atoms with Crippen molar-refractivity contribution in [2.75, 3.05) is 26.2 Å². The summed E-state index contributed by atoms with van der Waals surface area (Å²) < 4.78 is 0. The van der Waals surface area contributed by atoms with Crippen LogP contribution in [0.25, 0.3) is 0 Å². The van der Waals surface area contributed by atoms with Crippen molar-refractivity contribution in [3.8, 4) is 0 Å². The average Bonchev–Trinajstić information content (AvgIpc) is 3.53. The van der Waals surface area contributed by atoms with E-state index in [-0.39, 0.29) is 35.3 Å². The van der Waals surface area contributed by atoms with E-state index in [9.17, 15) is 9.59 Å². The van der Waals surface area contributed by atoms with Crippen LogP contribution in [0.4, 0.5) is 0 Å². The lowest BCUT2D eigenvalue weighted by Crippen LogP contribution is -2.44. The monoisotopic (exact) mass is 446 g/mol. The molecule has 9 heteroatoms. The first-order valence-corrected chi connectivity index (χ1v) is 12.4. The third-order valence-electron chi connectivity index (χ3n) is 8.59. The van der Waals surface area contributed by atoms with Crippen molar-refractivity contribution in [3.63, 3.8) is 0 Å². The van der Waals surface area contributed by atoms with E-state index in [2.05, 4.69) is 20.7 Å². The van der Waals surface area contributed by atoms with Crippen LogP contribution in [-0.4, -0.2) is 77.0 Å². The fraction of sp³-hybridized carbons (Fsp3) is 0.864. The molecule has 0 aromatic rings.